The third kappa shape index (κ3) is 15.0. The molecular formula is C44H66N2O. The Kier molecular flexibility index (Phi) is 19.6. The molecule has 1 saturated carbocycles. The van der Waals surface area contributed by atoms with Crippen LogP contribution in [-0.2, 0) is 6.42 Å². The first-order valence-corrected chi connectivity index (χ1v) is 18.5. The Labute approximate surface area is 289 Å². The van der Waals surface area contributed by atoms with Crippen molar-refractivity contribution in [3.05, 3.63) is 113 Å². The molecule has 0 radical (unpaired) electrons. The molecule has 1 aromatic carbocycles. The number of hydrogen-bond donors (Lipinski definition) is 0. The molecule has 0 N–H and O–H groups in total. The van der Waals surface area contributed by atoms with Crippen molar-refractivity contribution in [2.45, 2.75) is 132 Å². The SMILES string of the molecule is C=CCCC=Cc1ccc(C)cc1.CC.Cc1ccncc1CCCC1CCCC(C(C)CCCC(=O)c2c(C)ccnc2C)CC1.[HH]. The van der Waals surface area contributed by atoms with E-state index in [4.69, 9.17) is 0 Å². The first-order valence-electron chi connectivity index (χ1n) is 18.5. The Morgan fingerprint density at radius 1 is 0.936 bits per heavy atom. The summed E-state index contributed by atoms with van der Waals surface area (Å²) in [6, 6.07) is 12.6. The lowest BCUT2D eigenvalue weighted by atomic mass is 9.83. The Morgan fingerprint density at radius 2 is 1.68 bits per heavy atom. The molecular weight excluding hydrogens is 572 g/mol. The van der Waals surface area contributed by atoms with Gasteiger partial charge in [0.2, 0.25) is 0 Å². The lowest BCUT2D eigenvalue weighted by molar-refractivity contribution is 0.0974. The molecule has 3 unspecified atom stereocenters. The van der Waals surface area contributed by atoms with E-state index in [-0.39, 0.29) is 7.21 Å². The van der Waals surface area contributed by atoms with Crippen LogP contribution in [-0.4, -0.2) is 15.8 Å². The third-order valence-electron chi connectivity index (χ3n) is 9.76. The van der Waals surface area contributed by atoms with E-state index in [1.165, 1.54) is 80.0 Å². The Balaban J connectivity index is 0.000000604. The van der Waals surface area contributed by atoms with E-state index in [9.17, 15) is 4.79 Å². The van der Waals surface area contributed by atoms with E-state index in [0.717, 1.165) is 53.8 Å². The quantitative estimate of drug-likeness (QED) is 0.0763. The van der Waals surface area contributed by atoms with Gasteiger partial charge in [-0.3, -0.25) is 14.8 Å². The molecule has 0 spiro atoms. The number of benzene rings is 1. The number of ketones is 1. The van der Waals surface area contributed by atoms with Crippen molar-refractivity contribution in [1.82, 2.24) is 9.97 Å². The zero-order valence-electron chi connectivity index (χ0n) is 30.9. The topological polar surface area (TPSA) is 42.9 Å². The minimum Gasteiger partial charge on any atom is -0.294 e. The van der Waals surface area contributed by atoms with Crippen molar-refractivity contribution in [2.24, 2.45) is 17.8 Å². The number of nitrogens with zero attached hydrogens (tertiary/aromatic N) is 2. The van der Waals surface area contributed by atoms with Gasteiger partial charge in [0, 0.05) is 37.7 Å². The number of pyridine rings is 2. The van der Waals surface area contributed by atoms with Gasteiger partial charge in [0.25, 0.3) is 0 Å². The van der Waals surface area contributed by atoms with Gasteiger partial charge in [-0.25, -0.2) is 0 Å². The number of unbranched alkanes of at least 4 members (excludes halogenated alkanes) is 1. The number of allylic oxidation sites excluding steroid dienone is 2. The smallest absolute Gasteiger partial charge is 0.164 e. The Hall–Kier alpha value is -3.33. The lowest BCUT2D eigenvalue weighted by Crippen LogP contribution is -2.12. The number of hydrogen-bond acceptors (Lipinski definition) is 3. The Morgan fingerprint density at radius 3 is 2.38 bits per heavy atom. The fourth-order valence-electron chi connectivity index (χ4n) is 6.78. The number of rotatable bonds is 14. The summed E-state index contributed by atoms with van der Waals surface area (Å²) < 4.78 is 0. The molecule has 258 valence electrons. The summed E-state index contributed by atoms with van der Waals surface area (Å²) in [5.74, 6) is 2.71. The van der Waals surface area contributed by atoms with Crippen molar-refractivity contribution in [2.75, 3.05) is 0 Å². The van der Waals surface area contributed by atoms with E-state index >= 15 is 0 Å². The molecule has 2 heterocycles. The fourth-order valence-corrected chi connectivity index (χ4v) is 6.78. The molecule has 0 aliphatic heterocycles. The van der Waals surface area contributed by atoms with Crippen LogP contribution < -0.4 is 0 Å². The van der Waals surface area contributed by atoms with E-state index in [2.05, 4.69) is 79.8 Å². The summed E-state index contributed by atoms with van der Waals surface area (Å²) in [6.45, 7) is 18.4. The maximum absolute atomic E-state index is 12.7. The molecule has 3 heteroatoms. The van der Waals surface area contributed by atoms with Crippen molar-refractivity contribution < 1.29 is 6.22 Å². The highest BCUT2D eigenvalue weighted by Crippen LogP contribution is 2.36. The van der Waals surface area contributed by atoms with Gasteiger partial charge in [-0.1, -0.05) is 107 Å². The summed E-state index contributed by atoms with van der Waals surface area (Å²) in [7, 11) is 0. The van der Waals surface area contributed by atoms with Crippen molar-refractivity contribution >= 4 is 11.9 Å². The van der Waals surface area contributed by atoms with Crippen LogP contribution in [0, 0.1) is 45.4 Å². The minimum absolute atomic E-state index is 0. The molecule has 0 bridgehead atoms. The molecule has 3 atom stereocenters. The molecule has 3 nitrogen and oxygen atoms in total. The molecule has 0 amide bonds. The van der Waals surface area contributed by atoms with E-state index in [0.29, 0.717) is 6.42 Å². The van der Waals surface area contributed by atoms with Crippen LogP contribution >= 0.6 is 0 Å². The average Bonchev–Trinajstić information content (AvgIpc) is 3.32. The molecule has 1 aliphatic rings. The normalized spacial score (nSPS) is 16.7. The molecule has 1 fully saturated rings. The zero-order valence-corrected chi connectivity index (χ0v) is 30.9. The molecule has 2 aromatic heterocycles. The number of carbonyl (C=O) groups is 1. The van der Waals surface area contributed by atoms with Gasteiger partial charge in [0.05, 0.1) is 0 Å². The summed E-state index contributed by atoms with van der Waals surface area (Å²) in [5, 5.41) is 0. The highest BCUT2D eigenvalue weighted by Gasteiger charge is 2.23. The van der Waals surface area contributed by atoms with E-state index in [1.54, 1.807) is 6.20 Å². The van der Waals surface area contributed by atoms with Gasteiger partial charge >= 0.3 is 0 Å². The van der Waals surface area contributed by atoms with Crippen molar-refractivity contribution in [3.8, 4) is 0 Å². The van der Waals surface area contributed by atoms with E-state index < -0.39 is 0 Å². The predicted molar refractivity (Wildman–Crippen MR) is 206 cm³/mol. The lowest BCUT2D eigenvalue weighted by Gasteiger charge is -2.22. The number of aryl methyl sites for hydroxylation is 5. The largest absolute Gasteiger partial charge is 0.294 e. The second-order valence-corrected chi connectivity index (χ2v) is 13.4. The van der Waals surface area contributed by atoms with Crippen molar-refractivity contribution in [1.29, 1.82) is 0 Å². The fraction of sp³-hybridized carbons (Fsp3) is 0.523. The van der Waals surface area contributed by atoms with Gasteiger partial charge in [0.1, 0.15) is 0 Å². The second kappa shape index (κ2) is 23.1. The van der Waals surface area contributed by atoms with Gasteiger partial charge in [0.15, 0.2) is 5.78 Å². The van der Waals surface area contributed by atoms with Gasteiger partial charge in [-0.2, -0.15) is 0 Å². The molecule has 4 rings (SSSR count). The second-order valence-electron chi connectivity index (χ2n) is 13.4. The van der Waals surface area contributed by atoms with E-state index in [1.807, 2.05) is 52.2 Å². The van der Waals surface area contributed by atoms with Crippen LogP contribution in [0.5, 0.6) is 0 Å². The van der Waals surface area contributed by atoms with Crippen LogP contribution in [0.25, 0.3) is 6.08 Å². The number of carbonyl (C=O) groups excluding carboxylic acids is 1. The van der Waals surface area contributed by atoms with Crippen LogP contribution in [0.2, 0.25) is 0 Å². The highest BCUT2D eigenvalue weighted by atomic mass is 16.1. The zero-order chi connectivity index (χ0) is 34.4. The highest BCUT2D eigenvalue weighted by molar-refractivity contribution is 5.98. The molecule has 0 saturated heterocycles. The molecule has 3 aromatic rings. The minimum atomic E-state index is 0. The number of Topliss-reactive ketones (excluding diaryl/α,β-unsaturated/α-hetero) is 1. The van der Waals surface area contributed by atoms with Gasteiger partial charge in [-0.05, 0) is 118 Å². The van der Waals surface area contributed by atoms with Gasteiger partial charge < -0.3 is 0 Å². The Bertz CT molecular complexity index is 1330. The van der Waals surface area contributed by atoms with Crippen LogP contribution in [0.15, 0.2) is 73.7 Å². The van der Waals surface area contributed by atoms with Crippen LogP contribution in [0.3, 0.4) is 0 Å². The molecule has 1 aliphatic carbocycles. The van der Waals surface area contributed by atoms with Crippen LogP contribution in [0.1, 0.15) is 143 Å². The number of aromatic nitrogens is 2. The summed E-state index contributed by atoms with van der Waals surface area (Å²) in [4.78, 5) is 21.3. The standard InChI is InChI=1S/C29H42N2O.C13H16.C2H6.H2/c1-21(8-5-13-28(32)29-23(3)17-19-31-24(29)4)26-11-6-9-25(14-15-26)10-7-12-27-20-30-18-16-22(27)2;1-3-4-5-6-7-13-10-8-12(2)9-11-13;1-2;/h16-21,25-26H,5-15H2,1-4H3;3,6-11H,1,4-5H2,2H3;1-2H3;1H. The van der Waals surface area contributed by atoms with Gasteiger partial charge in [-0.15, -0.1) is 6.58 Å². The monoisotopic (exact) mass is 639 g/mol. The summed E-state index contributed by atoms with van der Waals surface area (Å²) >= 11 is 0. The van der Waals surface area contributed by atoms with Crippen LogP contribution in [0.4, 0.5) is 0 Å². The van der Waals surface area contributed by atoms with Crippen molar-refractivity contribution in [3.63, 3.8) is 0 Å². The maximum Gasteiger partial charge on any atom is 0.164 e. The maximum atomic E-state index is 12.7. The summed E-state index contributed by atoms with van der Waals surface area (Å²) in [6.07, 6.45) is 27.7. The predicted octanol–water partition coefficient (Wildman–Crippen LogP) is 12.9. The third-order valence-corrected chi connectivity index (χ3v) is 9.76. The first-order chi connectivity index (χ1) is 22.8. The first kappa shape index (κ1) is 39.8. The average molecular weight is 639 g/mol. The molecule has 47 heavy (non-hydrogen) atoms. The summed E-state index contributed by atoms with van der Waals surface area (Å²) in [5.41, 5.74) is 8.15.